The SMILES string of the molecule is CCCC(=O)Nc1ccc(NCc2ccc(Cl)cc2)nn1. The molecular weight excluding hydrogens is 288 g/mol. The van der Waals surface area contributed by atoms with E-state index in [1.807, 2.05) is 31.2 Å². The fourth-order valence-electron chi connectivity index (χ4n) is 1.72. The second kappa shape index (κ2) is 7.59. The van der Waals surface area contributed by atoms with E-state index in [0.717, 1.165) is 12.0 Å². The number of halogens is 1. The molecule has 5 nitrogen and oxygen atoms in total. The smallest absolute Gasteiger partial charge is 0.225 e. The summed E-state index contributed by atoms with van der Waals surface area (Å²) in [6, 6.07) is 11.1. The van der Waals surface area contributed by atoms with Crippen LogP contribution >= 0.6 is 11.6 Å². The van der Waals surface area contributed by atoms with Gasteiger partial charge in [-0.1, -0.05) is 30.7 Å². The van der Waals surface area contributed by atoms with Crippen molar-refractivity contribution in [2.75, 3.05) is 10.6 Å². The molecule has 1 heterocycles. The Morgan fingerprint density at radius 1 is 1.10 bits per heavy atom. The minimum atomic E-state index is -0.0475. The first kappa shape index (κ1) is 15.3. The maximum Gasteiger partial charge on any atom is 0.225 e. The van der Waals surface area contributed by atoms with Gasteiger partial charge in [-0.05, 0) is 36.2 Å². The quantitative estimate of drug-likeness (QED) is 0.857. The fourth-order valence-corrected chi connectivity index (χ4v) is 1.85. The molecule has 0 bridgehead atoms. The first-order chi connectivity index (χ1) is 10.2. The summed E-state index contributed by atoms with van der Waals surface area (Å²) >= 11 is 5.83. The Kier molecular flexibility index (Phi) is 5.51. The topological polar surface area (TPSA) is 66.9 Å². The van der Waals surface area contributed by atoms with Crippen LogP contribution in [0.3, 0.4) is 0 Å². The maximum absolute atomic E-state index is 11.4. The molecule has 0 spiro atoms. The van der Waals surface area contributed by atoms with E-state index in [9.17, 15) is 4.79 Å². The first-order valence-corrected chi connectivity index (χ1v) is 7.17. The number of nitrogens with one attached hydrogen (secondary N) is 2. The molecule has 0 radical (unpaired) electrons. The summed E-state index contributed by atoms with van der Waals surface area (Å²) in [7, 11) is 0. The van der Waals surface area contributed by atoms with E-state index in [-0.39, 0.29) is 5.91 Å². The summed E-state index contributed by atoms with van der Waals surface area (Å²) in [5.74, 6) is 1.07. The van der Waals surface area contributed by atoms with E-state index in [0.29, 0.717) is 29.6 Å². The Labute approximate surface area is 128 Å². The normalized spacial score (nSPS) is 10.2. The van der Waals surface area contributed by atoms with Gasteiger partial charge in [0.05, 0.1) is 0 Å². The molecule has 0 saturated carbocycles. The molecule has 1 aromatic heterocycles. The molecule has 0 aliphatic carbocycles. The number of hydrogen-bond donors (Lipinski definition) is 2. The summed E-state index contributed by atoms with van der Waals surface area (Å²) < 4.78 is 0. The fraction of sp³-hybridized carbons (Fsp3) is 0.267. The van der Waals surface area contributed by atoms with Crippen molar-refractivity contribution in [1.82, 2.24) is 10.2 Å². The van der Waals surface area contributed by atoms with Crippen molar-refractivity contribution in [3.63, 3.8) is 0 Å². The second-order valence-electron chi connectivity index (χ2n) is 4.58. The first-order valence-electron chi connectivity index (χ1n) is 6.79. The Morgan fingerprint density at radius 3 is 2.38 bits per heavy atom. The minimum absolute atomic E-state index is 0.0475. The van der Waals surface area contributed by atoms with Crippen molar-refractivity contribution in [3.8, 4) is 0 Å². The van der Waals surface area contributed by atoms with Gasteiger partial charge in [-0.25, -0.2) is 0 Å². The van der Waals surface area contributed by atoms with Crippen molar-refractivity contribution < 1.29 is 4.79 Å². The van der Waals surface area contributed by atoms with Crippen LogP contribution in [0.2, 0.25) is 5.02 Å². The summed E-state index contributed by atoms with van der Waals surface area (Å²) in [5.41, 5.74) is 1.10. The lowest BCUT2D eigenvalue weighted by Crippen LogP contribution is -2.12. The zero-order valence-corrected chi connectivity index (χ0v) is 12.5. The Bertz CT molecular complexity index is 584. The molecule has 0 unspecified atom stereocenters. The van der Waals surface area contributed by atoms with Crippen LogP contribution in [0.4, 0.5) is 11.6 Å². The number of amides is 1. The molecule has 0 aliphatic rings. The zero-order chi connectivity index (χ0) is 15.1. The van der Waals surface area contributed by atoms with Crippen LogP contribution in [0.1, 0.15) is 25.3 Å². The summed E-state index contributed by atoms with van der Waals surface area (Å²) in [4.78, 5) is 11.4. The van der Waals surface area contributed by atoms with Crippen molar-refractivity contribution in [1.29, 1.82) is 0 Å². The van der Waals surface area contributed by atoms with Crippen LogP contribution < -0.4 is 10.6 Å². The van der Waals surface area contributed by atoms with Crippen molar-refractivity contribution >= 4 is 29.1 Å². The third-order valence-electron chi connectivity index (χ3n) is 2.80. The van der Waals surface area contributed by atoms with E-state index in [4.69, 9.17) is 11.6 Å². The molecule has 2 aromatic rings. The van der Waals surface area contributed by atoms with E-state index in [2.05, 4.69) is 20.8 Å². The molecule has 1 amide bonds. The maximum atomic E-state index is 11.4. The summed E-state index contributed by atoms with van der Waals surface area (Å²) in [6.45, 7) is 2.59. The molecule has 0 fully saturated rings. The van der Waals surface area contributed by atoms with Crippen LogP contribution in [-0.4, -0.2) is 16.1 Å². The molecule has 0 saturated heterocycles. The molecule has 2 N–H and O–H groups in total. The largest absolute Gasteiger partial charge is 0.365 e. The van der Waals surface area contributed by atoms with E-state index in [1.165, 1.54) is 0 Å². The highest BCUT2D eigenvalue weighted by molar-refractivity contribution is 6.30. The van der Waals surface area contributed by atoms with Gasteiger partial charge in [0.15, 0.2) is 5.82 Å². The average Bonchev–Trinajstić information content (AvgIpc) is 2.48. The van der Waals surface area contributed by atoms with Gasteiger partial charge in [0.25, 0.3) is 0 Å². The summed E-state index contributed by atoms with van der Waals surface area (Å²) in [6.07, 6.45) is 1.29. The van der Waals surface area contributed by atoms with E-state index < -0.39 is 0 Å². The molecule has 6 heteroatoms. The van der Waals surface area contributed by atoms with Crippen LogP contribution in [0, 0.1) is 0 Å². The van der Waals surface area contributed by atoms with Crippen molar-refractivity contribution in [2.24, 2.45) is 0 Å². The van der Waals surface area contributed by atoms with Gasteiger partial charge in [0.2, 0.25) is 5.91 Å². The zero-order valence-electron chi connectivity index (χ0n) is 11.8. The Hall–Kier alpha value is -2.14. The highest BCUT2D eigenvalue weighted by atomic mass is 35.5. The standard InChI is InChI=1S/C15H17ClN4O/c1-2-3-15(21)18-14-9-8-13(19-20-14)17-10-11-4-6-12(16)7-5-11/h4-9H,2-3,10H2,1H3,(H,17,19)(H,18,20,21). The van der Waals surface area contributed by atoms with Gasteiger partial charge in [0, 0.05) is 18.0 Å². The second-order valence-corrected chi connectivity index (χ2v) is 5.02. The van der Waals surface area contributed by atoms with Gasteiger partial charge in [-0.3, -0.25) is 4.79 Å². The lowest BCUT2D eigenvalue weighted by molar-refractivity contribution is -0.116. The lowest BCUT2D eigenvalue weighted by Gasteiger charge is -2.06. The highest BCUT2D eigenvalue weighted by Gasteiger charge is 2.03. The van der Waals surface area contributed by atoms with Crippen molar-refractivity contribution in [2.45, 2.75) is 26.3 Å². The van der Waals surface area contributed by atoms with Gasteiger partial charge in [0.1, 0.15) is 5.82 Å². The number of rotatable bonds is 6. The predicted molar refractivity (Wildman–Crippen MR) is 84.3 cm³/mol. The number of carbonyl (C=O) groups excluding carboxylic acids is 1. The molecule has 0 aliphatic heterocycles. The third-order valence-corrected chi connectivity index (χ3v) is 3.05. The molecule has 21 heavy (non-hydrogen) atoms. The number of anilines is 2. The number of benzene rings is 1. The number of nitrogens with zero attached hydrogens (tertiary/aromatic N) is 2. The molecule has 110 valence electrons. The average molecular weight is 305 g/mol. The molecular formula is C15H17ClN4O. The minimum Gasteiger partial charge on any atom is -0.365 e. The van der Waals surface area contributed by atoms with Crippen LogP contribution in [0.5, 0.6) is 0 Å². The summed E-state index contributed by atoms with van der Waals surface area (Å²) in [5, 5.41) is 14.5. The molecule has 1 aromatic carbocycles. The molecule has 0 atom stereocenters. The monoisotopic (exact) mass is 304 g/mol. The van der Waals surface area contributed by atoms with Gasteiger partial charge in [-0.2, -0.15) is 0 Å². The predicted octanol–water partition coefficient (Wildman–Crippen LogP) is 3.48. The van der Waals surface area contributed by atoms with Crippen LogP contribution in [-0.2, 0) is 11.3 Å². The number of hydrogen-bond acceptors (Lipinski definition) is 4. The third kappa shape index (κ3) is 5.04. The molecule has 2 rings (SSSR count). The number of carbonyl (C=O) groups is 1. The van der Waals surface area contributed by atoms with E-state index in [1.54, 1.807) is 12.1 Å². The van der Waals surface area contributed by atoms with Crippen molar-refractivity contribution in [3.05, 3.63) is 47.0 Å². The Balaban J connectivity index is 1.87. The van der Waals surface area contributed by atoms with Gasteiger partial charge < -0.3 is 10.6 Å². The van der Waals surface area contributed by atoms with Gasteiger partial charge in [-0.15, -0.1) is 10.2 Å². The highest BCUT2D eigenvalue weighted by Crippen LogP contribution is 2.12. The van der Waals surface area contributed by atoms with Crippen LogP contribution in [0.25, 0.3) is 0 Å². The lowest BCUT2D eigenvalue weighted by atomic mass is 10.2. The number of aromatic nitrogens is 2. The van der Waals surface area contributed by atoms with Crippen LogP contribution in [0.15, 0.2) is 36.4 Å². The van der Waals surface area contributed by atoms with Gasteiger partial charge >= 0.3 is 0 Å². The Morgan fingerprint density at radius 2 is 1.76 bits per heavy atom. The van der Waals surface area contributed by atoms with E-state index >= 15 is 0 Å².